The molecule has 9 aromatic rings. The van der Waals surface area contributed by atoms with E-state index in [1.807, 2.05) is 54.6 Å². The third-order valence-electron chi connectivity index (χ3n) is 13.7. The van der Waals surface area contributed by atoms with Crippen LogP contribution >= 0.6 is 0 Å². The van der Waals surface area contributed by atoms with Crippen LogP contribution in [-0.2, 0) is 0 Å². The topological polar surface area (TPSA) is 39.9 Å². The number of aromatic nitrogens is 3. The number of allylic oxidation sites excluding steroid dienone is 2. The third kappa shape index (κ3) is 5.75. The van der Waals surface area contributed by atoms with E-state index in [2.05, 4.69) is 0 Å². The number of fused-ring (bicyclic) bond motifs is 11. The predicted octanol–water partition coefficient (Wildman–Crippen LogP) is -9.11. The molecule has 2 aromatic heterocycles. The molecule has 2 unspecified atom stereocenters. The van der Waals surface area contributed by atoms with Gasteiger partial charge in [-0.25, -0.2) is 9.97 Å². The molecule has 1 aliphatic heterocycles. The Bertz CT molecular complexity index is 3810. The molecule has 0 saturated heterocycles. The summed E-state index contributed by atoms with van der Waals surface area (Å²) in [5.41, 5.74) is 2.87. The molecule has 22 heteroatoms. The highest BCUT2D eigenvalue weighted by molar-refractivity contribution is 6.75. The van der Waals surface area contributed by atoms with Gasteiger partial charge in [-0.2, -0.15) is 0 Å². The summed E-state index contributed by atoms with van der Waals surface area (Å²) < 4.78 is 8.61. The standard InChI is InChI=1S/C46H11B18N3O/c47-22-13-15-16-14-19(25(50)33(58)31(56)23(14)48)27(52)37(62)42(16)67(41(15)36(61)26(51)18(13)24(49)32(57)30(22)55)43-38(63)29(54)21(17-20-28(53)34(59)35(60)39(64)44(20)68-45(17)43)46-65-12-9-5-4-8-11(12)40(66-46)10-6-2-1-3-7-10/h1-9,17,45H. The summed E-state index contributed by atoms with van der Waals surface area (Å²) >= 11 is 0. The minimum Gasteiger partial charge on any atom is -0.484 e. The van der Waals surface area contributed by atoms with Crippen LogP contribution in [0.5, 0.6) is 5.75 Å². The Labute approximate surface area is 417 Å². The molecule has 0 bridgehead atoms. The first-order valence-corrected chi connectivity index (χ1v) is 20.9. The van der Waals surface area contributed by atoms with Crippen LogP contribution in [0.25, 0.3) is 76.8 Å². The Kier molecular flexibility index (Phi) is 10.3. The van der Waals surface area contributed by atoms with Gasteiger partial charge in [0.05, 0.1) is 22.8 Å². The third-order valence-corrected chi connectivity index (χ3v) is 13.7. The quantitative estimate of drug-likeness (QED) is 0.167. The smallest absolute Gasteiger partial charge is 0.156 e. The minimum absolute atomic E-state index is 0.000648. The number of rotatable bonds is 3. The second kappa shape index (κ2) is 15.6. The molecule has 270 valence electrons. The summed E-state index contributed by atoms with van der Waals surface area (Å²) in [6.07, 6.45) is -1.22. The maximum atomic E-state index is 7.43. The molecule has 3 heterocycles. The van der Waals surface area contributed by atoms with E-state index in [4.69, 9.17) is 156 Å². The summed E-state index contributed by atoms with van der Waals surface area (Å²) in [6, 6.07) is 17.2. The number of hydrogen-bond donors (Lipinski definition) is 0. The van der Waals surface area contributed by atoms with Gasteiger partial charge in [0, 0.05) is 38.3 Å². The van der Waals surface area contributed by atoms with Crippen molar-refractivity contribution in [2.24, 2.45) is 0 Å². The lowest BCUT2D eigenvalue weighted by molar-refractivity contribution is 0.276. The molecule has 0 fully saturated rings. The van der Waals surface area contributed by atoms with Crippen molar-refractivity contribution in [1.82, 2.24) is 14.5 Å². The largest absolute Gasteiger partial charge is 0.484 e. The van der Waals surface area contributed by atoms with Crippen LogP contribution in [0.1, 0.15) is 17.3 Å². The van der Waals surface area contributed by atoms with Gasteiger partial charge in [-0.1, -0.05) is 114 Å². The molecule has 0 spiro atoms. The molecule has 36 radical (unpaired) electrons. The van der Waals surface area contributed by atoms with Crippen LogP contribution in [0.4, 0.5) is 0 Å². The second-order valence-corrected chi connectivity index (χ2v) is 17.1. The van der Waals surface area contributed by atoms with Crippen LogP contribution in [0.2, 0.25) is 0 Å². The molecular weight excluding hydrogens is 805 g/mol. The molecule has 0 saturated carbocycles. The summed E-state index contributed by atoms with van der Waals surface area (Å²) in [7, 11) is 123. The summed E-state index contributed by atoms with van der Waals surface area (Å²) in [5.74, 6) is -0.718. The molecule has 2 atom stereocenters. The fourth-order valence-electron chi connectivity index (χ4n) is 10.3. The van der Waals surface area contributed by atoms with Gasteiger partial charge in [0.25, 0.3) is 0 Å². The number of para-hydroxylation sites is 1. The molecule has 2 aliphatic rings. The number of hydrogen-bond acceptors (Lipinski definition) is 3. The van der Waals surface area contributed by atoms with E-state index in [0.29, 0.717) is 22.3 Å². The van der Waals surface area contributed by atoms with Gasteiger partial charge in [0.15, 0.2) is 5.82 Å². The van der Waals surface area contributed by atoms with Crippen LogP contribution in [0.15, 0.2) is 65.5 Å². The van der Waals surface area contributed by atoms with Crippen LogP contribution in [0.3, 0.4) is 0 Å². The Morgan fingerprint density at radius 3 is 1.41 bits per heavy atom. The van der Waals surface area contributed by atoms with E-state index in [0.717, 1.165) is 10.9 Å². The van der Waals surface area contributed by atoms with E-state index >= 15 is 0 Å². The second-order valence-electron chi connectivity index (χ2n) is 17.1. The first kappa shape index (κ1) is 45.1. The zero-order chi connectivity index (χ0) is 48.4. The highest BCUT2D eigenvalue weighted by Gasteiger charge is 2.48. The normalized spacial score (nSPS) is 15.8. The van der Waals surface area contributed by atoms with Crippen molar-refractivity contribution in [3.05, 3.63) is 76.9 Å². The van der Waals surface area contributed by atoms with Crippen molar-refractivity contribution in [3.63, 3.8) is 0 Å². The Morgan fingerprint density at radius 2 is 0.868 bits per heavy atom. The fourth-order valence-corrected chi connectivity index (χ4v) is 10.3. The van der Waals surface area contributed by atoms with Crippen molar-refractivity contribution < 1.29 is 4.74 Å². The Hall–Kier alpha value is -5.35. The van der Waals surface area contributed by atoms with Crippen molar-refractivity contribution >= 4 is 294 Å². The minimum atomic E-state index is -1.22. The zero-order valence-corrected chi connectivity index (χ0v) is 36.0. The molecule has 68 heavy (non-hydrogen) atoms. The van der Waals surface area contributed by atoms with E-state index in [-0.39, 0.29) is 159 Å². The van der Waals surface area contributed by atoms with E-state index in [1.54, 1.807) is 4.57 Å². The van der Waals surface area contributed by atoms with Crippen molar-refractivity contribution in [1.29, 1.82) is 0 Å². The van der Waals surface area contributed by atoms with Gasteiger partial charge in [-0.3, -0.25) is 0 Å². The highest BCUT2D eigenvalue weighted by Crippen LogP contribution is 2.53. The first-order chi connectivity index (χ1) is 32.3. The average molecular weight is 816 g/mol. The molecular formula is C46H11B18N3O. The average Bonchev–Trinajstić information content (AvgIpc) is 3.90. The van der Waals surface area contributed by atoms with Gasteiger partial charge >= 0.3 is 0 Å². The maximum Gasteiger partial charge on any atom is 0.156 e. The predicted molar refractivity (Wildman–Crippen MR) is 301 cm³/mol. The molecule has 4 nitrogen and oxygen atoms in total. The number of nitrogens with zero attached hydrogens (tertiary/aromatic N) is 3. The lowest BCUT2D eigenvalue weighted by Crippen LogP contribution is -2.50. The lowest BCUT2D eigenvalue weighted by atomic mass is 9.60. The van der Waals surface area contributed by atoms with Crippen LogP contribution < -0.4 is 92.1 Å². The fraction of sp³-hybridized carbons (Fsp3) is 0.0435. The van der Waals surface area contributed by atoms with E-state index in [9.17, 15) is 0 Å². The molecule has 7 aromatic carbocycles. The van der Waals surface area contributed by atoms with Crippen LogP contribution in [-0.4, -0.2) is 162 Å². The summed E-state index contributed by atoms with van der Waals surface area (Å²) in [4.78, 5) is 10.3. The zero-order valence-electron chi connectivity index (χ0n) is 36.0. The van der Waals surface area contributed by atoms with E-state index in [1.165, 1.54) is 0 Å². The number of benzene rings is 7. The Morgan fingerprint density at radius 1 is 0.412 bits per heavy atom. The van der Waals surface area contributed by atoms with Gasteiger partial charge in [-0.05, 0) is 33.2 Å². The molecule has 11 rings (SSSR count). The highest BCUT2D eigenvalue weighted by atomic mass is 16.5. The van der Waals surface area contributed by atoms with Gasteiger partial charge in [-0.15, -0.1) is 32.8 Å². The van der Waals surface area contributed by atoms with Crippen molar-refractivity contribution in [3.8, 4) is 17.0 Å². The Balaban J connectivity index is 1.39. The molecule has 0 amide bonds. The number of ether oxygens (including phenoxy) is 1. The molecule has 1 aliphatic carbocycles. The molecule has 0 N–H and O–H groups in total. The monoisotopic (exact) mass is 819 g/mol. The first-order valence-electron chi connectivity index (χ1n) is 20.9. The van der Waals surface area contributed by atoms with Crippen LogP contribution in [0, 0.1) is 0 Å². The maximum absolute atomic E-state index is 7.43. The van der Waals surface area contributed by atoms with Gasteiger partial charge in [0.1, 0.15) is 153 Å². The van der Waals surface area contributed by atoms with Gasteiger partial charge < -0.3 is 9.30 Å². The van der Waals surface area contributed by atoms with Crippen molar-refractivity contribution in [2.75, 3.05) is 0 Å². The lowest BCUT2D eigenvalue weighted by Gasteiger charge is -2.35. The summed E-state index contributed by atoms with van der Waals surface area (Å²) in [5, 5.41) is 2.11. The SMILES string of the molecule is [B]C1=C(c2nc(-c3ccccc3)c3ccccc3n2)C2c3c([B])c([B])c([B])c([B])c3OC2C(n2c3c([B])c([B])c4c([B])c([B])c([B])c([B])c4c3c3c4c([B])c([B])c([B])c([B])c4c([B])c([B])c32)=C1[B]. The van der Waals surface area contributed by atoms with E-state index < -0.39 is 12.0 Å². The van der Waals surface area contributed by atoms with Gasteiger partial charge in [0.2, 0.25) is 0 Å². The summed E-state index contributed by atoms with van der Waals surface area (Å²) in [6.45, 7) is 0. The van der Waals surface area contributed by atoms with Crippen molar-refractivity contribution in [2.45, 2.75) is 12.0 Å².